The van der Waals surface area contributed by atoms with E-state index in [0.29, 0.717) is 6.42 Å². The fourth-order valence-electron chi connectivity index (χ4n) is 5.90. The largest absolute Gasteiger partial charge is 0.533 e. The van der Waals surface area contributed by atoms with Crippen molar-refractivity contribution in [3.8, 4) is 11.5 Å². The van der Waals surface area contributed by atoms with Gasteiger partial charge >= 0.3 is 7.94 Å². The van der Waals surface area contributed by atoms with E-state index in [1.807, 2.05) is 6.07 Å². The zero-order valence-electron chi connectivity index (χ0n) is 30.5. The van der Waals surface area contributed by atoms with Crippen LogP contribution in [0.4, 0.5) is 0 Å². The van der Waals surface area contributed by atoms with Crippen LogP contribution in [0, 0.1) is 6.92 Å². The Bertz CT molecular complexity index is 1480. The Morgan fingerprint density at radius 1 is 0.523 bits per heavy atom. The van der Waals surface area contributed by atoms with E-state index in [9.17, 15) is 4.89 Å². The molecule has 0 fully saturated rings. The van der Waals surface area contributed by atoms with Crippen LogP contribution in [0.15, 0.2) is 42.5 Å². The van der Waals surface area contributed by atoms with Gasteiger partial charge in [0.25, 0.3) is 0 Å². The van der Waals surface area contributed by atoms with Gasteiger partial charge < -0.3 is 0 Å². The molecule has 0 aromatic heterocycles. The first-order valence-corrected chi connectivity index (χ1v) is 17.8. The van der Waals surface area contributed by atoms with E-state index >= 15 is 0 Å². The second kappa shape index (κ2) is 10.9. The van der Waals surface area contributed by atoms with Crippen molar-refractivity contribution in [2.24, 2.45) is 0 Å². The van der Waals surface area contributed by atoms with Gasteiger partial charge in [0.05, 0.1) is 0 Å². The Labute approximate surface area is 269 Å². The van der Waals surface area contributed by atoms with E-state index in [4.69, 9.17) is 9.05 Å². The van der Waals surface area contributed by atoms with Crippen molar-refractivity contribution in [1.29, 1.82) is 0 Å². The average Bonchev–Trinajstić information content (AvgIpc) is 2.81. The number of rotatable bonds is 1. The van der Waals surface area contributed by atoms with E-state index in [2.05, 4.69) is 147 Å². The summed E-state index contributed by atoms with van der Waals surface area (Å²) in [5.74, 6) is 1.51. The number of hydrogen-bond acceptors (Lipinski definition) is 3. The third kappa shape index (κ3) is 6.90. The monoisotopic (exact) mass is 617 g/mol. The molecule has 0 unspecified atom stereocenters. The fraction of sp³-hybridized carbons (Fsp3) is 0.550. The predicted molar refractivity (Wildman–Crippen MR) is 190 cm³/mol. The summed E-state index contributed by atoms with van der Waals surface area (Å²) in [7, 11) is -3.71. The van der Waals surface area contributed by atoms with Gasteiger partial charge in [0.1, 0.15) is 0 Å². The highest BCUT2D eigenvalue weighted by molar-refractivity contribution is 7.69. The maximum atomic E-state index is 13.1. The zero-order valence-corrected chi connectivity index (χ0v) is 31.4. The van der Waals surface area contributed by atoms with Crippen LogP contribution >= 0.6 is 7.94 Å². The van der Waals surface area contributed by atoms with Gasteiger partial charge in [0, 0.05) is 34.2 Å². The van der Waals surface area contributed by atoms with Crippen LogP contribution in [0.2, 0.25) is 0 Å². The van der Waals surface area contributed by atoms with Gasteiger partial charge in [-0.3, -0.25) is 9.05 Å². The molecule has 1 aliphatic heterocycles. The summed E-state index contributed by atoms with van der Waals surface area (Å²) in [6, 6.07) is 15.5. The highest BCUT2D eigenvalue weighted by atomic mass is 31.2. The minimum atomic E-state index is -3.71. The molecule has 1 heterocycles. The molecule has 1 aliphatic rings. The molecule has 0 amide bonds. The van der Waals surface area contributed by atoms with E-state index in [1.54, 1.807) is 0 Å². The lowest BCUT2D eigenvalue weighted by Crippen LogP contribution is -2.32. The molecule has 4 rings (SSSR count). The van der Waals surface area contributed by atoms with Crippen LogP contribution in [0.1, 0.15) is 148 Å². The molecular weight excluding hydrogens is 559 g/mol. The molecule has 240 valence electrons. The smallest absolute Gasteiger partial charge is 0.273 e. The van der Waals surface area contributed by atoms with Crippen LogP contribution in [0.5, 0.6) is 11.5 Å². The van der Waals surface area contributed by atoms with Crippen molar-refractivity contribution in [3.05, 3.63) is 87.0 Å². The highest BCUT2D eigenvalue weighted by Crippen LogP contribution is 2.62. The summed E-state index contributed by atoms with van der Waals surface area (Å²) in [5.41, 5.74) is 8.33. The molecule has 0 spiro atoms. The van der Waals surface area contributed by atoms with Gasteiger partial charge in [-0.05, 0) is 51.2 Å². The van der Waals surface area contributed by atoms with E-state index in [-0.39, 0.29) is 27.1 Å². The van der Waals surface area contributed by atoms with E-state index < -0.39 is 7.94 Å². The minimum absolute atomic E-state index is 0.0532. The summed E-state index contributed by atoms with van der Waals surface area (Å²) < 4.78 is 14.2. The fourth-order valence-corrected chi connectivity index (χ4v) is 8.03. The molecular formula is C40H58O3P+. The zero-order chi connectivity index (χ0) is 33.4. The van der Waals surface area contributed by atoms with Gasteiger partial charge in [-0.2, -0.15) is 4.89 Å². The molecule has 0 saturated heterocycles. The van der Waals surface area contributed by atoms with Crippen molar-refractivity contribution in [2.75, 3.05) is 0 Å². The van der Waals surface area contributed by atoms with Gasteiger partial charge in [-0.15, -0.1) is 0 Å². The Kier molecular flexibility index (Phi) is 8.53. The van der Waals surface area contributed by atoms with Crippen molar-refractivity contribution < 1.29 is 13.9 Å². The Hall–Kier alpha value is -2.35. The lowest BCUT2D eigenvalue weighted by molar-refractivity contribution is 0.344. The SMILES string of the molecule is Cc1ccc([P+]2(O)Oc3c(cc(C(C)(C)C)cc3C(C)(C)C)Cc3cc(C(C)(C)C)cc(C(C)(C)C)c3O2)c(C(C)(C)C)c1. The molecule has 3 nitrogen and oxygen atoms in total. The predicted octanol–water partition coefficient (Wildman–Crippen LogP) is 10.9. The van der Waals surface area contributed by atoms with E-state index in [0.717, 1.165) is 50.2 Å². The Morgan fingerprint density at radius 3 is 1.25 bits per heavy atom. The number of benzene rings is 3. The standard InChI is InChI=1S/C40H58O3P/c1-25-17-18-33(30(19-25)38(8,9)10)44(41)42-34-26(21-28(36(2,3)4)23-31(34)39(11,12)13)20-27-22-29(37(5,6)7)24-32(35(27)43-44)40(14,15)16/h17-19,21-24,41H,20H2,1-16H3/q+1. The lowest BCUT2D eigenvalue weighted by atomic mass is 9.76. The Balaban J connectivity index is 2.21. The summed E-state index contributed by atoms with van der Waals surface area (Å²) >= 11 is 0. The third-order valence-electron chi connectivity index (χ3n) is 8.76. The highest BCUT2D eigenvalue weighted by Gasteiger charge is 2.54. The van der Waals surface area contributed by atoms with Crippen molar-refractivity contribution in [2.45, 2.75) is 144 Å². The molecule has 3 aromatic carbocycles. The first kappa shape index (κ1) is 34.5. The summed E-state index contributed by atoms with van der Waals surface area (Å²) in [5, 5.41) is 0.744. The van der Waals surface area contributed by atoms with Crippen LogP contribution in [-0.4, -0.2) is 4.89 Å². The molecule has 0 radical (unpaired) electrons. The van der Waals surface area contributed by atoms with Gasteiger partial charge in [0.2, 0.25) is 5.30 Å². The molecule has 1 N–H and O–H groups in total. The van der Waals surface area contributed by atoms with Gasteiger partial charge in [0.15, 0.2) is 11.5 Å². The maximum absolute atomic E-state index is 13.1. The van der Waals surface area contributed by atoms with Crippen LogP contribution in [-0.2, 0) is 33.5 Å². The number of hydrogen-bond donors (Lipinski definition) is 1. The lowest BCUT2D eigenvalue weighted by Gasteiger charge is -2.34. The average molecular weight is 618 g/mol. The first-order valence-electron chi connectivity index (χ1n) is 16.2. The molecule has 44 heavy (non-hydrogen) atoms. The van der Waals surface area contributed by atoms with Gasteiger partial charge in [-0.25, -0.2) is 0 Å². The Morgan fingerprint density at radius 2 is 0.909 bits per heavy atom. The molecule has 0 atom stereocenters. The first-order chi connectivity index (χ1) is 19.7. The van der Waals surface area contributed by atoms with E-state index in [1.165, 1.54) is 11.1 Å². The summed E-state index contributed by atoms with van der Waals surface area (Å²) in [6.07, 6.45) is 0.657. The quantitative estimate of drug-likeness (QED) is 0.276. The van der Waals surface area contributed by atoms with Gasteiger partial charge in [-0.1, -0.05) is 146 Å². The number of fused-ring (bicyclic) bond motifs is 2. The van der Waals surface area contributed by atoms with Crippen LogP contribution in [0.3, 0.4) is 0 Å². The second-order valence-electron chi connectivity index (χ2n) is 18.2. The summed E-state index contributed by atoms with van der Waals surface area (Å²) in [4.78, 5) is 13.1. The van der Waals surface area contributed by atoms with Crippen molar-refractivity contribution >= 4 is 13.2 Å². The van der Waals surface area contributed by atoms with Crippen LogP contribution < -0.4 is 14.4 Å². The summed E-state index contributed by atoms with van der Waals surface area (Å²) in [6.45, 7) is 35.6. The number of aryl methyl sites for hydroxylation is 1. The topological polar surface area (TPSA) is 38.7 Å². The molecule has 3 aromatic rings. The molecule has 4 heteroatoms. The minimum Gasteiger partial charge on any atom is -0.273 e. The molecule has 0 saturated carbocycles. The van der Waals surface area contributed by atoms with Crippen molar-refractivity contribution in [1.82, 2.24) is 0 Å². The molecule has 0 bridgehead atoms. The third-order valence-corrected chi connectivity index (χ3v) is 10.6. The van der Waals surface area contributed by atoms with Crippen molar-refractivity contribution in [3.63, 3.8) is 0 Å². The maximum Gasteiger partial charge on any atom is 0.533 e. The normalized spacial score (nSPS) is 15.8. The second-order valence-corrected chi connectivity index (χ2v) is 20.1. The van der Waals surface area contributed by atoms with Crippen LogP contribution in [0.25, 0.3) is 0 Å². The molecule has 0 aliphatic carbocycles.